The number of allylic oxidation sites excluding steroid dienone is 22. The van der Waals surface area contributed by atoms with Gasteiger partial charge in [0.05, 0.1) is 0 Å². The summed E-state index contributed by atoms with van der Waals surface area (Å²) in [5.74, 6) is -0.967. The van der Waals surface area contributed by atoms with E-state index in [1.807, 2.05) is 0 Å². The molecule has 0 rings (SSSR count). The molecular weight excluding hydrogens is 925 g/mol. The van der Waals surface area contributed by atoms with Gasteiger partial charge in [-0.15, -0.1) is 0 Å². The molecule has 0 saturated carbocycles. The van der Waals surface area contributed by atoms with Gasteiger partial charge < -0.3 is 14.2 Å². The maximum Gasteiger partial charge on any atom is 0.306 e. The molecule has 0 radical (unpaired) electrons. The summed E-state index contributed by atoms with van der Waals surface area (Å²) in [6, 6.07) is 0. The van der Waals surface area contributed by atoms with Crippen molar-refractivity contribution in [1.82, 2.24) is 0 Å². The monoisotopic (exact) mass is 1040 g/mol. The molecule has 0 saturated heterocycles. The third-order valence-corrected chi connectivity index (χ3v) is 12.6. The Morgan fingerprint density at radius 3 is 0.827 bits per heavy atom. The van der Waals surface area contributed by atoms with Crippen LogP contribution in [0.5, 0.6) is 0 Å². The van der Waals surface area contributed by atoms with Crippen LogP contribution >= 0.6 is 0 Å². The van der Waals surface area contributed by atoms with Crippen molar-refractivity contribution in [1.29, 1.82) is 0 Å². The van der Waals surface area contributed by atoms with E-state index in [1.165, 1.54) is 83.5 Å². The van der Waals surface area contributed by atoms with Crippen LogP contribution in [0.1, 0.15) is 265 Å². The highest BCUT2D eigenvalue weighted by molar-refractivity contribution is 5.71. The molecule has 0 fully saturated rings. The summed E-state index contributed by atoms with van der Waals surface area (Å²) in [7, 11) is 0. The number of ether oxygens (including phenoxy) is 3. The molecule has 0 aliphatic carbocycles. The van der Waals surface area contributed by atoms with Gasteiger partial charge in [0, 0.05) is 19.3 Å². The second-order valence-electron chi connectivity index (χ2n) is 19.8. The molecule has 1 unspecified atom stereocenters. The molecular formula is C69H112O6. The molecule has 0 aliphatic rings. The molecule has 0 aromatic carbocycles. The number of hydrogen-bond donors (Lipinski definition) is 0. The predicted molar refractivity (Wildman–Crippen MR) is 325 cm³/mol. The molecule has 1 atom stereocenters. The third kappa shape index (κ3) is 60.3. The van der Waals surface area contributed by atoms with Crippen molar-refractivity contribution in [2.24, 2.45) is 0 Å². The van der Waals surface area contributed by atoms with Gasteiger partial charge in [-0.25, -0.2) is 0 Å². The van der Waals surface area contributed by atoms with Crippen molar-refractivity contribution in [3.05, 3.63) is 134 Å². The third-order valence-electron chi connectivity index (χ3n) is 12.6. The first kappa shape index (κ1) is 70.5. The van der Waals surface area contributed by atoms with E-state index in [1.54, 1.807) is 0 Å². The van der Waals surface area contributed by atoms with E-state index < -0.39 is 6.10 Å². The molecule has 0 amide bonds. The summed E-state index contributed by atoms with van der Waals surface area (Å²) in [4.78, 5) is 38.3. The highest BCUT2D eigenvalue weighted by Crippen LogP contribution is 2.14. The largest absolute Gasteiger partial charge is 0.462 e. The molecule has 0 N–H and O–H groups in total. The fraction of sp³-hybridized carbons (Fsp3) is 0.638. The zero-order valence-electron chi connectivity index (χ0n) is 48.5. The van der Waals surface area contributed by atoms with Crippen LogP contribution < -0.4 is 0 Å². The van der Waals surface area contributed by atoms with Gasteiger partial charge in [-0.1, -0.05) is 244 Å². The average Bonchev–Trinajstić information content (AvgIpc) is 3.41. The topological polar surface area (TPSA) is 78.9 Å². The highest BCUT2D eigenvalue weighted by atomic mass is 16.6. The molecule has 6 heteroatoms. The van der Waals surface area contributed by atoms with Gasteiger partial charge in [-0.2, -0.15) is 0 Å². The minimum absolute atomic E-state index is 0.106. The lowest BCUT2D eigenvalue weighted by Crippen LogP contribution is -2.30. The van der Waals surface area contributed by atoms with E-state index in [2.05, 4.69) is 154 Å². The van der Waals surface area contributed by atoms with Crippen molar-refractivity contribution in [2.45, 2.75) is 271 Å². The molecule has 424 valence electrons. The maximum absolute atomic E-state index is 12.9. The fourth-order valence-corrected chi connectivity index (χ4v) is 8.08. The number of unbranched alkanes of at least 4 members (excludes halogenated alkanes) is 21. The van der Waals surface area contributed by atoms with Gasteiger partial charge in [0.15, 0.2) is 6.10 Å². The number of hydrogen-bond acceptors (Lipinski definition) is 6. The standard InChI is InChI=1S/C69H112O6/c1-4-7-10-13-16-19-22-25-28-31-33-34-36-38-41-44-47-50-53-56-59-62-68(71)74-65-66(64-73-67(70)61-58-55-52-49-46-43-40-37-30-27-24-21-18-15-12-9-6-3)75-69(72)63-60-57-54-51-48-45-42-39-35-32-29-26-23-20-17-14-11-8-5-2/h8-9,11-12,17-18,20-22,25-27,29-31,33,35,39-40,43,45,48,66H,4-7,10,13-16,19,23-24,28,32,34,36-38,41-42,44,46-47,49-65H2,1-3H3/b11-8-,12-9-,20-17-,21-18-,25-22-,29-26-,30-27-,33-31-,39-35-,43-40-,48-45-. The summed E-state index contributed by atoms with van der Waals surface area (Å²) in [5.41, 5.74) is 0. The van der Waals surface area contributed by atoms with Crippen LogP contribution in [0, 0.1) is 0 Å². The zero-order chi connectivity index (χ0) is 54.3. The van der Waals surface area contributed by atoms with E-state index in [0.717, 1.165) is 135 Å². The van der Waals surface area contributed by atoms with Crippen LogP contribution in [0.2, 0.25) is 0 Å². The van der Waals surface area contributed by atoms with Gasteiger partial charge in [-0.05, 0) is 135 Å². The van der Waals surface area contributed by atoms with Gasteiger partial charge >= 0.3 is 17.9 Å². The summed E-state index contributed by atoms with van der Waals surface area (Å²) < 4.78 is 16.9. The van der Waals surface area contributed by atoms with Crippen molar-refractivity contribution in [2.75, 3.05) is 13.2 Å². The van der Waals surface area contributed by atoms with E-state index in [9.17, 15) is 14.4 Å². The average molecular weight is 1040 g/mol. The molecule has 75 heavy (non-hydrogen) atoms. The van der Waals surface area contributed by atoms with E-state index in [4.69, 9.17) is 14.2 Å². The predicted octanol–water partition coefficient (Wildman–Crippen LogP) is 21.0. The lowest BCUT2D eigenvalue weighted by Gasteiger charge is -2.18. The van der Waals surface area contributed by atoms with Crippen LogP contribution in [0.25, 0.3) is 0 Å². The Kier molecular flexibility index (Phi) is 58.4. The van der Waals surface area contributed by atoms with Crippen molar-refractivity contribution < 1.29 is 28.6 Å². The Morgan fingerprint density at radius 2 is 0.520 bits per heavy atom. The van der Waals surface area contributed by atoms with E-state index >= 15 is 0 Å². The second kappa shape index (κ2) is 62.1. The number of carbonyl (C=O) groups excluding carboxylic acids is 3. The summed E-state index contributed by atoms with van der Waals surface area (Å²) in [5, 5.41) is 0. The highest BCUT2D eigenvalue weighted by Gasteiger charge is 2.19. The van der Waals surface area contributed by atoms with E-state index in [-0.39, 0.29) is 37.5 Å². The van der Waals surface area contributed by atoms with Crippen LogP contribution in [0.4, 0.5) is 0 Å². The zero-order valence-corrected chi connectivity index (χ0v) is 48.5. The van der Waals surface area contributed by atoms with Gasteiger partial charge in [0.1, 0.15) is 13.2 Å². The van der Waals surface area contributed by atoms with E-state index in [0.29, 0.717) is 19.3 Å². The van der Waals surface area contributed by atoms with Gasteiger partial charge in [0.25, 0.3) is 0 Å². The Balaban J connectivity index is 4.50. The molecule has 0 heterocycles. The van der Waals surface area contributed by atoms with Crippen LogP contribution in [0.3, 0.4) is 0 Å². The van der Waals surface area contributed by atoms with Crippen LogP contribution in [-0.2, 0) is 28.6 Å². The Morgan fingerprint density at radius 1 is 0.280 bits per heavy atom. The fourth-order valence-electron chi connectivity index (χ4n) is 8.08. The molecule has 6 nitrogen and oxygen atoms in total. The first-order chi connectivity index (χ1) is 37.0. The minimum Gasteiger partial charge on any atom is -0.462 e. The number of rotatable bonds is 54. The molecule has 0 aromatic heterocycles. The van der Waals surface area contributed by atoms with Gasteiger partial charge in [0.2, 0.25) is 0 Å². The van der Waals surface area contributed by atoms with Crippen molar-refractivity contribution in [3.63, 3.8) is 0 Å². The second-order valence-corrected chi connectivity index (χ2v) is 19.8. The van der Waals surface area contributed by atoms with Crippen LogP contribution in [-0.4, -0.2) is 37.2 Å². The van der Waals surface area contributed by atoms with Crippen LogP contribution in [0.15, 0.2) is 134 Å². The molecule has 0 aromatic rings. The summed E-state index contributed by atoms with van der Waals surface area (Å²) >= 11 is 0. The smallest absolute Gasteiger partial charge is 0.306 e. The first-order valence-corrected chi connectivity index (χ1v) is 30.7. The lowest BCUT2D eigenvalue weighted by atomic mass is 10.1. The Bertz CT molecular complexity index is 1620. The van der Waals surface area contributed by atoms with Gasteiger partial charge in [-0.3, -0.25) is 14.4 Å². The Labute approximate surface area is 462 Å². The maximum atomic E-state index is 12.9. The summed E-state index contributed by atoms with van der Waals surface area (Å²) in [6.07, 6.45) is 87.3. The first-order valence-electron chi connectivity index (χ1n) is 30.7. The normalized spacial score (nSPS) is 13.1. The Hall–Kier alpha value is -4.45. The van der Waals surface area contributed by atoms with Crippen molar-refractivity contribution >= 4 is 17.9 Å². The quantitative estimate of drug-likeness (QED) is 0.0261. The number of carbonyl (C=O) groups is 3. The molecule has 0 aliphatic heterocycles. The summed E-state index contributed by atoms with van der Waals surface area (Å²) in [6.45, 7) is 6.35. The van der Waals surface area contributed by atoms with Crippen molar-refractivity contribution in [3.8, 4) is 0 Å². The molecule has 0 spiro atoms. The SMILES string of the molecule is CC/C=C\C/C=C\C/C=C\C/C=C\C/C=C\CCCCCC(=O)OC(COC(=O)CCCCCC/C=C\C/C=C\C/C=C\C/C=C\CC)COC(=O)CCCCCCCCCCC/C=C\C/C=C\CCCCCCC. The number of esters is 3. The minimum atomic E-state index is -0.814. The molecule has 0 bridgehead atoms. The lowest BCUT2D eigenvalue weighted by molar-refractivity contribution is -0.167.